The molecule has 0 bridgehead atoms. The number of esters is 1. The Kier molecular flexibility index (Phi) is 6.03. The third-order valence-electron chi connectivity index (χ3n) is 3.68. The van der Waals surface area contributed by atoms with Crippen LogP contribution in [0.25, 0.3) is 0 Å². The molecule has 0 saturated heterocycles. The minimum Gasteiger partial charge on any atom is -0.462 e. The largest absolute Gasteiger partial charge is 0.462 e. The summed E-state index contributed by atoms with van der Waals surface area (Å²) < 4.78 is 11.0. The number of carbonyl (C=O) groups excluding carboxylic acids is 1. The van der Waals surface area contributed by atoms with Crippen LogP contribution in [0, 0.1) is 0 Å². The summed E-state index contributed by atoms with van der Waals surface area (Å²) in [6.45, 7) is 6.22. The van der Waals surface area contributed by atoms with Crippen molar-refractivity contribution in [3.05, 3.63) is 59.2 Å². The molecule has 3 rings (SSSR count). The molecular weight excluding hydrogens is 362 g/mol. The highest BCUT2D eigenvalue weighted by Crippen LogP contribution is 2.30. The number of nitrogens with zero attached hydrogens (tertiary/aromatic N) is 2. The van der Waals surface area contributed by atoms with E-state index in [4.69, 9.17) is 9.47 Å². The Morgan fingerprint density at radius 2 is 2.04 bits per heavy atom. The van der Waals surface area contributed by atoms with E-state index < -0.39 is 5.97 Å². The molecule has 1 N–H and O–H groups in total. The van der Waals surface area contributed by atoms with Crippen LogP contribution in [-0.4, -0.2) is 22.5 Å². The average molecular weight is 383 g/mol. The van der Waals surface area contributed by atoms with Crippen molar-refractivity contribution in [1.82, 2.24) is 9.97 Å². The predicted molar refractivity (Wildman–Crippen MR) is 106 cm³/mol. The van der Waals surface area contributed by atoms with Crippen LogP contribution in [0.3, 0.4) is 0 Å². The molecule has 7 heteroatoms. The molecule has 0 radical (unpaired) electrons. The first-order valence-electron chi connectivity index (χ1n) is 8.69. The molecule has 0 aliphatic heterocycles. The number of ether oxygens (including phenoxy) is 2. The Bertz CT molecular complexity index is 910. The van der Waals surface area contributed by atoms with Crippen molar-refractivity contribution >= 4 is 28.3 Å². The van der Waals surface area contributed by atoms with Gasteiger partial charge in [-0.15, -0.1) is 11.3 Å². The Morgan fingerprint density at radius 3 is 2.70 bits per heavy atom. The summed E-state index contributed by atoms with van der Waals surface area (Å²) in [5, 5.41) is 5.92. The van der Waals surface area contributed by atoms with Crippen molar-refractivity contribution in [1.29, 1.82) is 0 Å². The molecule has 1 aromatic carbocycles. The normalized spacial score (nSPS) is 10.7. The lowest BCUT2D eigenvalue weighted by Gasteiger charge is -2.12. The van der Waals surface area contributed by atoms with Crippen LogP contribution in [0.5, 0.6) is 11.5 Å². The number of thiazole rings is 1. The first kappa shape index (κ1) is 18.8. The highest BCUT2D eigenvalue weighted by Gasteiger charge is 2.17. The van der Waals surface area contributed by atoms with Gasteiger partial charge in [0.15, 0.2) is 5.13 Å². The van der Waals surface area contributed by atoms with Crippen LogP contribution in [0.15, 0.2) is 48.0 Å². The average Bonchev–Trinajstić information content (AvgIpc) is 3.12. The van der Waals surface area contributed by atoms with Crippen molar-refractivity contribution in [2.45, 2.75) is 26.7 Å². The number of nitrogens with one attached hydrogen (secondary N) is 1. The molecule has 6 nitrogen and oxygen atoms in total. The van der Waals surface area contributed by atoms with Crippen molar-refractivity contribution in [2.24, 2.45) is 0 Å². The lowest BCUT2D eigenvalue weighted by molar-refractivity contribution is 0.0523. The monoisotopic (exact) mass is 383 g/mol. The van der Waals surface area contributed by atoms with Gasteiger partial charge in [-0.3, -0.25) is 0 Å². The summed E-state index contributed by atoms with van der Waals surface area (Å²) in [5.41, 5.74) is 1.29. The van der Waals surface area contributed by atoms with E-state index in [9.17, 15) is 4.79 Å². The quantitative estimate of drug-likeness (QED) is 0.553. The molecule has 2 heterocycles. The first-order chi connectivity index (χ1) is 13.1. The maximum atomic E-state index is 12.2. The number of anilines is 2. The fourth-order valence-corrected chi connectivity index (χ4v) is 3.16. The highest BCUT2D eigenvalue weighted by molar-refractivity contribution is 7.13. The van der Waals surface area contributed by atoms with Gasteiger partial charge in [-0.2, -0.15) is 0 Å². The van der Waals surface area contributed by atoms with E-state index in [1.54, 1.807) is 13.0 Å². The van der Waals surface area contributed by atoms with Gasteiger partial charge >= 0.3 is 5.97 Å². The summed E-state index contributed by atoms with van der Waals surface area (Å²) in [6.07, 6.45) is 1.45. The summed E-state index contributed by atoms with van der Waals surface area (Å²) in [4.78, 5) is 21.1. The molecule has 2 aromatic heterocycles. The fraction of sp³-hybridized carbons (Fsp3) is 0.250. The van der Waals surface area contributed by atoms with Crippen LogP contribution in [0.1, 0.15) is 42.7 Å². The van der Waals surface area contributed by atoms with E-state index in [1.807, 2.05) is 35.7 Å². The zero-order chi connectivity index (χ0) is 19.2. The smallest absolute Gasteiger partial charge is 0.343 e. The second-order valence-electron chi connectivity index (χ2n) is 6.06. The van der Waals surface area contributed by atoms with Gasteiger partial charge in [-0.25, -0.2) is 14.8 Å². The number of carbonyl (C=O) groups is 1. The van der Waals surface area contributed by atoms with Gasteiger partial charge in [0.05, 0.1) is 12.3 Å². The number of para-hydroxylation sites is 1. The standard InChI is InChI=1S/C20H21N3O3S/c1-4-25-19(24)15-11-21-18(23-20-22-16(12-27-20)13(2)3)10-17(15)26-14-8-6-5-7-9-14/h5-13H,4H2,1-3H3,(H,21,22,23). The number of hydrogen-bond donors (Lipinski definition) is 1. The molecule has 0 unspecified atom stereocenters. The van der Waals surface area contributed by atoms with E-state index in [0.717, 1.165) is 10.8 Å². The highest BCUT2D eigenvalue weighted by atomic mass is 32.1. The second-order valence-corrected chi connectivity index (χ2v) is 6.92. The van der Waals surface area contributed by atoms with Crippen molar-refractivity contribution in [3.8, 4) is 11.5 Å². The molecule has 0 atom stereocenters. The molecule has 0 aliphatic rings. The minimum atomic E-state index is -0.473. The summed E-state index contributed by atoms with van der Waals surface area (Å²) >= 11 is 1.51. The molecule has 140 valence electrons. The molecule has 0 spiro atoms. The maximum Gasteiger partial charge on any atom is 0.343 e. The molecule has 0 amide bonds. The fourth-order valence-electron chi connectivity index (χ4n) is 2.29. The lowest BCUT2D eigenvalue weighted by Crippen LogP contribution is -2.08. The van der Waals surface area contributed by atoms with Gasteiger partial charge in [0.25, 0.3) is 0 Å². The molecule has 0 saturated carbocycles. The summed E-state index contributed by atoms with van der Waals surface area (Å²) in [6, 6.07) is 10.9. The Morgan fingerprint density at radius 1 is 1.26 bits per heavy atom. The SMILES string of the molecule is CCOC(=O)c1cnc(Nc2nc(C(C)C)cs2)cc1Oc1ccccc1. The zero-order valence-corrected chi connectivity index (χ0v) is 16.2. The van der Waals surface area contributed by atoms with Gasteiger partial charge in [-0.05, 0) is 25.0 Å². The van der Waals surface area contributed by atoms with Crippen LogP contribution in [0.4, 0.5) is 10.9 Å². The third-order valence-corrected chi connectivity index (χ3v) is 4.46. The van der Waals surface area contributed by atoms with Crippen LogP contribution >= 0.6 is 11.3 Å². The van der Waals surface area contributed by atoms with Gasteiger partial charge in [0.1, 0.15) is 22.9 Å². The van der Waals surface area contributed by atoms with Crippen LogP contribution in [-0.2, 0) is 4.74 Å². The molecule has 3 aromatic rings. The van der Waals surface area contributed by atoms with Crippen molar-refractivity contribution in [3.63, 3.8) is 0 Å². The second kappa shape index (κ2) is 8.64. The Balaban J connectivity index is 1.89. The Hall–Kier alpha value is -2.93. The van der Waals surface area contributed by atoms with Crippen LogP contribution < -0.4 is 10.1 Å². The molecule has 0 fully saturated rings. The number of hydrogen-bond acceptors (Lipinski definition) is 7. The van der Waals surface area contributed by atoms with E-state index in [0.29, 0.717) is 23.2 Å². The van der Waals surface area contributed by atoms with Gasteiger partial charge in [0, 0.05) is 17.6 Å². The summed E-state index contributed by atoms with van der Waals surface area (Å²) in [7, 11) is 0. The molecule has 0 aliphatic carbocycles. The number of pyridine rings is 1. The minimum absolute atomic E-state index is 0.272. The van der Waals surface area contributed by atoms with Gasteiger partial charge < -0.3 is 14.8 Å². The summed E-state index contributed by atoms with van der Waals surface area (Å²) in [5.74, 6) is 1.42. The molecule has 27 heavy (non-hydrogen) atoms. The predicted octanol–water partition coefficient (Wildman–Crippen LogP) is 5.37. The van der Waals surface area contributed by atoms with Crippen molar-refractivity contribution < 1.29 is 14.3 Å². The lowest BCUT2D eigenvalue weighted by atomic mass is 10.2. The van der Waals surface area contributed by atoms with Gasteiger partial charge in [-0.1, -0.05) is 32.0 Å². The van der Waals surface area contributed by atoms with Crippen molar-refractivity contribution in [2.75, 3.05) is 11.9 Å². The zero-order valence-electron chi connectivity index (χ0n) is 15.4. The number of aromatic nitrogens is 2. The maximum absolute atomic E-state index is 12.2. The van der Waals surface area contributed by atoms with E-state index in [1.165, 1.54) is 17.5 Å². The van der Waals surface area contributed by atoms with E-state index >= 15 is 0 Å². The first-order valence-corrected chi connectivity index (χ1v) is 9.57. The Labute approximate surface area is 162 Å². The number of rotatable bonds is 7. The topological polar surface area (TPSA) is 73.3 Å². The van der Waals surface area contributed by atoms with Crippen LogP contribution in [0.2, 0.25) is 0 Å². The third kappa shape index (κ3) is 4.83. The van der Waals surface area contributed by atoms with Gasteiger partial charge in [0.2, 0.25) is 0 Å². The van der Waals surface area contributed by atoms with E-state index in [2.05, 4.69) is 29.1 Å². The molecular formula is C20H21N3O3S. The number of benzene rings is 1. The van der Waals surface area contributed by atoms with E-state index in [-0.39, 0.29) is 12.2 Å².